The summed E-state index contributed by atoms with van der Waals surface area (Å²) in [6, 6.07) is 8.21. The second-order valence-corrected chi connectivity index (χ2v) is 5.58. The molecule has 0 saturated heterocycles. The predicted octanol–water partition coefficient (Wildman–Crippen LogP) is 4.95. The maximum atomic E-state index is 12.5. The van der Waals surface area contributed by atoms with E-state index in [1.54, 1.807) is 6.92 Å². The van der Waals surface area contributed by atoms with Crippen LogP contribution in [0.1, 0.15) is 12.5 Å². The van der Waals surface area contributed by atoms with Crippen LogP contribution in [-0.4, -0.2) is 32.8 Å². The van der Waals surface area contributed by atoms with Gasteiger partial charge in [0.1, 0.15) is 0 Å². The van der Waals surface area contributed by atoms with E-state index in [0.29, 0.717) is 5.56 Å². The minimum Gasteiger partial charge on any atom is -0.493 e. The number of carbonyl (C=O) groups excluding carboxylic acids is 1. The van der Waals surface area contributed by atoms with E-state index in [2.05, 4.69) is 14.8 Å². The van der Waals surface area contributed by atoms with Crippen molar-refractivity contribution in [3.05, 3.63) is 48.0 Å². The highest BCUT2D eigenvalue weighted by molar-refractivity contribution is 6.02. The van der Waals surface area contributed by atoms with Crippen LogP contribution in [0.5, 0.6) is 23.0 Å². The van der Waals surface area contributed by atoms with E-state index < -0.39 is 19.1 Å². The molecule has 0 unspecified atom stereocenters. The van der Waals surface area contributed by atoms with E-state index in [9.17, 15) is 22.4 Å². The number of hydrogen-bond acceptors (Lipinski definition) is 5. The third-order valence-electron chi connectivity index (χ3n) is 3.56. The van der Waals surface area contributed by atoms with Gasteiger partial charge in [0, 0.05) is 17.8 Å². The van der Waals surface area contributed by atoms with Crippen molar-refractivity contribution in [3.8, 4) is 23.0 Å². The van der Waals surface area contributed by atoms with E-state index >= 15 is 0 Å². The molecule has 0 radical (unpaired) electrons. The fourth-order valence-corrected chi connectivity index (χ4v) is 2.39. The molecule has 10 heteroatoms. The smallest absolute Gasteiger partial charge is 0.387 e. The van der Waals surface area contributed by atoms with Crippen molar-refractivity contribution in [2.24, 2.45) is 0 Å². The van der Waals surface area contributed by atoms with Gasteiger partial charge in [0.05, 0.1) is 13.7 Å². The number of alkyl halides is 4. The normalized spacial score (nSPS) is 11.1. The van der Waals surface area contributed by atoms with Gasteiger partial charge in [-0.15, -0.1) is 0 Å². The first kappa shape index (κ1) is 22.9. The Hall–Kier alpha value is -3.43. The Kier molecular flexibility index (Phi) is 8.33. The maximum absolute atomic E-state index is 12.5. The van der Waals surface area contributed by atoms with Crippen LogP contribution in [0.25, 0.3) is 6.08 Å². The molecule has 2 rings (SSSR count). The summed E-state index contributed by atoms with van der Waals surface area (Å²) in [7, 11) is 1.29. The molecule has 0 aromatic heterocycles. The summed E-state index contributed by atoms with van der Waals surface area (Å²) < 4.78 is 68.8. The fourth-order valence-electron chi connectivity index (χ4n) is 2.39. The number of methoxy groups -OCH3 is 1. The molecule has 0 aliphatic carbocycles. The number of rotatable bonds is 10. The quantitative estimate of drug-likeness (QED) is 0.428. The number of hydrogen-bond donors (Lipinski definition) is 1. The molecule has 2 aromatic rings. The average Bonchev–Trinajstić information content (AvgIpc) is 2.68. The molecule has 2 aromatic carbocycles. The molecule has 1 N–H and O–H groups in total. The number of halogens is 4. The molecule has 0 aliphatic rings. The van der Waals surface area contributed by atoms with Crippen LogP contribution in [0.3, 0.4) is 0 Å². The first-order valence-electron chi connectivity index (χ1n) is 8.66. The van der Waals surface area contributed by atoms with Crippen LogP contribution in [0.2, 0.25) is 0 Å². The zero-order valence-corrected chi connectivity index (χ0v) is 16.0. The Morgan fingerprint density at radius 3 is 2.27 bits per heavy atom. The molecule has 1 amide bonds. The summed E-state index contributed by atoms with van der Waals surface area (Å²) in [5.41, 5.74) is 0.698. The summed E-state index contributed by atoms with van der Waals surface area (Å²) in [6.07, 6.45) is 2.60. The Labute approximate surface area is 170 Å². The highest BCUT2D eigenvalue weighted by Gasteiger charge is 2.13. The second-order valence-electron chi connectivity index (χ2n) is 5.58. The monoisotopic (exact) mass is 429 g/mol. The molecule has 6 nitrogen and oxygen atoms in total. The first-order chi connectivity index (χ1) is 14.3. The summed E-state index contributed by atoms with van der Waals surface area (Å²) in [6.45, 7) is -4.14. The van der Waals surface area contributed by atoms with Gasteiger partial charge >= 0.3 is 13.2 Å². The average molecular weight is 429 g/mol. The van der Waals surface area contributed by atoms with Crippen LogP contribution in [0, 0.1) is 0 Å². The molecule has 0 atom stereocenters. The topological polar surface area (TPSA) is 66.0 Å². The lowest BCUT2D eigenvalue weighted by Crippen LogP contribution is -2.09. The molecule has 0 saturated carbocycles. The van der Waals surface area contributed by atoms with Crippen LogP contribution in [0.15, 0.2) is 42.5 Å². The van der Waals surface area contributed by atoms with Gasteiger partial charge in [-0.3, -0.25) is 4.79 Å². The van der Waals surface area contributed by atoms with Gasteiger partial charge in [-0.2, -0.15) is 17.6 Å². The van der Waals surface area contributed by atoms with Gasteiger partial charge in [-0.25, -0.2) is 0 Å². The largest absolute Gasteiger partial charge is 0.493 e. The molecular weight excluding hydrogens is 410 g/mol. The van der Waals surface area contributed by atoms with E-state index in [1.165, 1.54) is 55.7 Å². The molecule has 0 aliphatic heterocycles. The zero-order chi connectivity index (χ0) is 22.1. The van der Waals surface area contributed by atoms with Gasteiger partial charge < -0.3 is 24.3 Å². The standard InChI is InChI=1S/C20H19F4NO5/c1-3-28-16-10-12(4-7-15(16)29-19(21)22)5-9-18(26)25-13-6-8-14(27-2)17(11-13)30-20(23)24/h4-11,19-20H,3H2,1-2H3,(H,25,26)/b9-5+. The van der Waals surface area contributed by atoms with Gasteiger partial charge in [0.15, 0.2) is 23.0 Å². The lowest BCUT2D eigenvalue weighted by molar-refractivity contribution is -0.111. The van der Waals surface area contributed by atoms with Crippen LogP contribution in [0.4, 0.5) is 23.2 Å². The van der Waals surface area contributed by atoms with Crippen molar-refractivity contribution >= 4 is 17.7 Å². The number of benzene rings is 2. The number of nitrogens with one attached hydrogen (secondary N) is 1. The summed E-state index contributed by atoms with van der Waals surface area (Å²) >= 11 is 0. The third-order valence-corrected chi connectivity index (χ3v) is 3.56. The van der Waals surface area contributed by atoms with Crippen LogP contribution in [-0.2, 0) is 4.79 Å². The van der Waals surface area contributed by atoms with Crippen molar-refractivity contribution in [1.82, 2.24) is 0 Å². The predicted molar refractivity (Wildman–Crippen MR) is 102 cm³/mol. The molecule has 162 valence electrons. The minimum atomic E-state index is -3.05. The molecule has 0 heterocycles. The Balaban J connectivity index is 2.11. The lowest BCUT2D eigenvalue weighted by atomic mass is 10.2. The van der Waals surface area contributed by atoms with Gasteiger partial charge in [-0.05, 0) is 42.8 Å². The second kappa shape index (κ2) is 10.9. The summed E-state index contributed by atoms with van der Waals surface area (Å²) in [5.74, 6) is -0.736. The highest BCUT2D eigenvalue weighted by atomic mass is 19.3. The van der Waals surface area contributed by atoms with Crippen molar-refractivity contribution in [2.45, 2.75) is 20.1 Å². The Morgan fingerprint density at radius 1 is 0.967 bits per heavy atom. The van der Waals surface area contributed by atoms with E-state index in [4.69, 9.17) is 9.47 Å². The Morgan fingerprint density at radius 2 is 1.63 bits per heavy atom. The van der Waals surface area contributed by atoms with Gasteiger partial charge in [0.25, 0.3) is 0 Å². The molecule has 0 fully saturated rings. The summed E-state index contributed by atoms with van der Waals surface area (Å²) in [4.78, 5) is 12.1. The van der Waals surface area contributed by atoms with E-state index in [-0.39, 0.29) is 35.3 Å². The van der Waals surface area contributed by atoms with Gasteiger partial charge in [-0.1, -0.05) is 6.07 Å². The zero-order valence-electron chi connectivity index (χ0n) is 16.0. The summed E-state index contributed by atoms with van der Waals surface area (Å²) in [5, 5.41) is 2.49. The van der Waals surface area contributed by atoms with E-state index in [1.807, 2.05) is 0 Å². The lowest BCUT2D eigenvalue weighted by Gasteiger charge is -2.12. The Bertz CT molecular complexity index is 889. The molecular formula is C20H19F4NO5. The fraction of sp³-hybridized carbons (Fsp3) is 0.250. The molecule has 0 bridgehead atoms. The van der Waals surface area contributed by atoms with E-state index in [0.717, 1.165) is 0 Å². The molecule has 0 spiro atoms. The van der Waals surface area contributed by atoms with Crippen molar-refractivity contribution < 1.29 is 41.3 Å². The van der Waals surface area contributed by atoms with Gasteiger partial charge in [0.2, 0.25) is 5.91 Å². The van der Waals surface area contributed by atoms with Crippen LogP contribution < -0.4 is 24.3 Å². The molecule has 30 heavy (non-hydrogen) atoms. The van der Waals surface area contributed by atoms with Crippen molar-refractivity contribution in [3.63, 3.8) is 0 Å². The van der Waals surface area contributed by atoms with Crippen molar-refractivity contribution in [2.75, 3.05) is 19.0 Å². The SMILES string of the molecule is CCOc1cc(/C=C/C(=O)Nc2ccc(OC)c(OC(F)F)c2)ccc1OC(F)F. The first-order valence-corrected chi connectivity index (χ1v) is 8.66. The number of carbonyl (C=O) groups is 1. The number of anilines is 1. The van der Waals surface area contributed by atoms with Crippen LogP contribution >= 0.6 is 0 Å². The number of amides is 1. The maximum Gasteiger partial charge on any atom is 0.387 e. The third kappa shape index (κ3) is 6.87. The highest BCUT2D eigenvalue weighted by Crippen LogP contribution is 2.32. The minimum absolute atomic E-state index is 0.0819. The van der Waals surface area contributed by atoms with Crippen molar-refractivity contribution in [1.29, 1.82) is 0 Å². The number of ether oxygens (including phenoxy) is 4.